The highest BCUT2D eigenvalue weighted by Crippen LogP contribution is 2.34. The Bertz CT molecular complexity index is 801. The number of alkyl halides is 3. The van der Waals surface area contributed by atoms with E-state index in [1.165, 1.54) is 12.1 Å². The Kier molecular flexibility index (Phi) is 5.17. The van der Waals surface area contributed by atoms with Crippen LogP contribution in [-0.2, 0) is 13.0 Å². The number of carbonyl (C=O) groups excluding carboxylic acids is 1. The summed E-state index contributed by atoms with van der Waals surface area (Å²) < 4.78 is 42.5. The third kappa shape index (κ3) is 4.43. The minimum absolute atomic E-state index is 0.112. The Hall–Kier alpha value is -2.51. The van der Waals surface area contributed by atoms with Gasteiger partial charge in [0.1, 0.15) is 11.4 Å². The molecule has 0 N–H and O–H groups in total. The lowest BCUT2D eigenvalue weighted by Crippen LogP contribution is -2.46. The van der Waals surface area contributed by atoms with Gasteiger partial charge < -0.3 is 9.64 Å². The lowest BCUT2D eigenvalue weighted by Gasteiger charge is -2.35. The van der Waals surface area contributed by atoms with Crippen molar-refractivity contribution < 1.29 is 22.7 Å². The van der Waals surface area contributed by atoms with Crippen LogP contribution in [0.1, 0.15) is 42.7 Å². The zero-order valence-electron chi connectivity index (χ0n) is 15.3. The molecule has 3 rings (SSSR count). The lowest BCUT2D eigenvalue weighted by atomic mass is 9.90. The number of likely N-dealkylation sites (tertiary alicyclic amines) is 1. The second kappa shape index (κ2) is 7.25. The van der Waals surface area contributed by atoms with Crippen molar-refractivity contribution in [2.75, 3.05) is 6.54 Å². The van der Waals surface area contributed by atoms with Gasteiger partial charge in [0.2, 0.25) is 0 Å². The first-order chi connectivity index (χ1) is 12.7. The molecule has 1 aliphatic heterocycles. The summed E-state index contributed by atoms with van der Waals surface area (Å²) in [5, 5.41) is 4.29. The van der Waals surface area contributed by atoms with Crippen LogP contribution in [0, 0.1) is 0 Å². The Balaban J connectivity index is 1.73. The van der Waals surface area contributed by atoms with Gasteiger partial charge in [-0.05, 0) is 56.9 Å². The van der Waals surface area contributed by atoms with Crippen LogP contribution in [0.2, 0.25) is 0 Å². The highest BCUT2D eigenvalue weighted by Gasteiger charge is 2.40. The first-order valence-electron chi connectivity index (χ1n) is 8.90. The maximum absolute atomic E-state index is 12.9. The van der Waals surface area contributed by atoms with E-state index >= 15 is 0 Å². The van der Waals surface area contributed by atoms with E-state index in [9.17, 15) is 18.0 Å². The Labute approximate surface area is 155 Å². The molecule has 27 heavy (non-hydrogen) atoms. The van der Waals surface area contributed by atoms with E-state index in [4.69, 9.17) is 0 Å². The van der Waals surface area contributed by atoms with Gasteiger partial charge in [0.05, 0.1) is 0 Å². The molecule has 1 aromatic heterocycles. The van der Waals surface area contributed by atoms with Gasteiger partial charge in [0.25, 0.3) is 5.91 Å². The molecule has 0 spiro atoms. The molecule has 1 saturated heterocycles. The average molecular weight is 381 g/mol. The summed E-state index contributed by atoms with van der Waals surface area (Å²) in [6.07, 6.45) is -0.663. The first-order valence-corrected chi connectivity index (χ1v) is 8.90. The number of aryl methyl sites for hydroxylation is 1. The Morgan fingerprint density at radius 1 is 1.26 bits per heavy atom. The molecule has 2 aromatic rings. The van der Waals surface area contributed by atoms with Crippen molar-refractivity contribution in [1.29, 1.82) is 0 Å². The average Bonchev–Trinajstić information content (AvgIpc) is 3.21. The van der Waals surface area contributed by atoms with Crippen molar-refractivity contribution in [1.82, 2.24) is 14.7 Å². The molecule has 1 atom stereocenters. The Morgan fingerprint density at radius 2 is 1.96 bits per heavy atom. The summed E-state index contributed by atoms with van der Waals surface area (Å²) in [4.78, 5) is 14.7. The summed E-state index contributed by atoms with van der Waals surface area (Å²) in [7, 11) is 0. The summed E-state index contributed by atoms with van der Waals surface area (Å²) >= 11 is 0. The molecule has 1 aliphatic rings. The molecule has 2 heterocycles. The zero-order chi connectivity index (χ0) is 19.7. The van der Waals surface area contributed by atoms with Crippen LogP contribution in [0.5, 0.6) is 5.75 Å². The smallest absolute Gasteiger partial charge is 0.406 e. The van der Waals surface area contributed by atoms with Crippen molar-refractivity contribution in [3.05, 3.63) is 47.8 Å². The molecule has 0 radical (unpaired) electrons. The van der Waals surface area contributed by atoms with Crippen LogP contribution < -0.4 is 4.74 Å². The summed E-state index contributed by atoms with van der Waals surface area (Å²) in [5.74, 6) is -0.361. The molecule has 0 saturated carbocycles. The molecule has 1 aromatic carbocycles. The predicted octanol–water partition coefficient (Wildman–Crippen LogP) is 4.04. The second-order valence-corrected chi connectivity index (χ2v) is 6.98. The normalized spacial score (nSPS) is 20.1. The summed E-state index contributed by atoms with van der Waals surface area (Å²) in [5.41, 5.74) is 0.865. The van der Waals surface area contributed by atoms with Crippen LogP contribution in [0.15, 0.2) is 36.5 Å². The zero-order valence-corrected chi connectivity index (χ0v) is 15.3. The maximum atomic E-state index is 12.9. The fourth-order valence-corrected chi connectivity index (χ4v) is 3.59. The lowest BCUT2D eigenvalue weighted by molar-refractivity contribution is -0.274. The number of aromatic nitrogens is 2. The van der Waals surface area contributed by atoms with Crippen molar-refractivity contribution in [2.45, 2.75) is 51.6 Å². The monoisotopic (exact) mass is 381 g/mol. The molecule has 5 nitrogen and oxygen atoms in total. The van der Waals surface area contributed by atoms with Crippen LogP contribution >= 0.6 is 0 Å². The third-order valence-electron chi connectivity index (χ3n) is 4.92. The van der Waals surface area contributed by atoms with Gasteiger partial charge in [0, 0.05) is 24.8 Å². The van der Waals surface area contributed by atoms with E-state index in [1.54, 1.807) is 29.1 Å². The number of rotatable bonds is 5. The van der Waals surface area contributed by atoms with Crippen LogP contribution in [0.3, 0.4) is 0 Å². The molecular formula is C19H22F3N3O2. The molecule has 1 amide bonds. The topological polar surface area (TPSA) is 47.4 Å². The molecule has 0 bridgehead atoms. The summed E-state index contributed by atoms with van der Waals surface area (Å²) in [6.45, 7) is 5.29. The quantitative estimate of drug-likeness (QED) is 0.785. The largest absolute Gasteiger partial charge is 0.573 e. The van der Waals surface area contributed by atoms with E-state index in [-0.39, 0.29) is 11.7 Å². The highest BCUT2D eigenvalue weighted by atomic mass is 19.4. The van der Waals surface area contributed by atoms with E-state index in [0.29, 0.717) is 25.2 Å². The van der Waals surface area contributed by atoms with Gasteiger partial charge in [0.15, 0.2) is 0 Å². The minimum Gasteiger partial charge on any atom is -0.406 e. The maximum Gasteiger partial charge on any atom is 0.573 e. The number of carbonyl (C=O) groups is 1. The van der Waals surface area contributed by atoms with E-state index in [1.807, 2.05) is 18.7 Å². The fraction of sp³-hybridized carbons (Fsp3) is 0.474. The van der Waals surface area contributed by atoms with Crippen LogP contribution in [-0.4, -0.2) is 39.0 Å². The van der Waals surface area contributed by atoms with E-state index in [0.717, 1.165) is 18.4 Å². The highest BCUT2D eigenvalue weighted by molar-refractivity contribution is 5.93. The standard InChI is InChI=1S/C19H22F3N3O2/c1-3-24-12-9-16(23-24)17(26)25-11-4-10-18(25,2)13-14-5-7-15(8-6-14)27-19(20,21)22/h5-9,12H,3-4,10-11,13H2,1-2H3. The van der Waals surface area contributed by atoms with E-state index in [2.05, 4.69) is 9.84 Å². The molecule has 0 aliphatic carbocycles. The molecule has 1 unspecified atom stereocenters. The van der Waals surface area contributed by atoms with Gasteiger partial charge in [-0.1, -0.05) is 12.1 Å². The predicted molar refractivity (Wildman–Crippen MR) is 93.4 cm³/mol. The number of amides is 1. The molecule has 8 heteroatoms. The number of hydrogen-bond acceptors (Lipinski definition) is 3. The molecule has 146 valence electrons. The molecule has 1 fully saturated rings. The van der Waals surface area contributed by atoms with Gasteiger partial charge in [-0.15, -0.1) is 13.2 Å². The van der Waals surface area contributed by atoms with Gasteiger partial charge in [-0.2, -0.15) is 5.10 Å². The van der Waals surface area contributed by atoms with Crippen molar-refractivity contribution >= 4 is 5.91 Å². The summed E-state index contributed by atoms with van der Waals surface area (Å²) in [6, 6.07) is 7.54. The fourth-order valence-electron chi connectivity index (χ4n) is 3.59. The van der Waals surface area contributed by atoms with Crippen molar-refractivity contribution in [3.8, 4) is 5.75 Å². The SMILES string of the molecule is CCn1ccc(C(=O)N2CCCC2(C)Cc2ccc(OC(F)(F)F)cc2)n1. The van der Waals surface area contributed by atoms with Gasteiger partial charge in [-0.3, -0.25) is 9.48 Å². The van der Waals surface area contributed by atoms with E-state index < -0.39 is 11.9 Å². The third-order valence-corrected chi connectivity index (χ3v) is 4.92. The number of halogens is 3. The van der Waals surface area contributed by atoms with Gasteiger partial charge in [-0.25, -0.2) is 0 Å². The number of nitrogens with zero attached hydrogens (tertiary/aromatic N) is 3. The van der Waals surface area contributed by atoms with Crippen molar-refractivity contribution in [2.24, 2.45) is 0 Å². The number of ether oxygens (including phenoxy) is 1. The van der Waals surface area contributed by atoms with Crippen LogP contribution in [0.25, 0.3) is 0 Å². The molecular weight excluding hydrogens is 359 g/mol. The number of benzene rings is 1. The Morgan fingerprint density at radius 3 is 2.56 bits per heavy atom. The van der Waals surface area contributed by atoms with Gasteiger partial charge >= 0.3 is 6.36 Å². The minimum atomic E-state index is -4.70. The second-order valence-electron chi connectivity index (χ2n) is 6.98. The van der Waals surface area contributed by atoms with Crippen molar-refractivity contribution in [3.63, 3.8) is 0 Å². The number of hydrogen-bond donors (Lipinski definition) is 0. The van der Waals surface area contributed by atoms with Crippen LogP contribution in [0.4, 0.5) is 13.2 Å². The first kappa shape index (κ1) is 19.3.